The average molecular weight is 298 g/mol. The van der Waals surface area contributed by atoms with E-state index in [0.29, 0.717) is 17.4 Å². The highest BCUT2D eigenvalue weighted by atomic mass is 19.3. The summed E-state index contributed by atoms with van der Waals surface area (Å²) in [5.41, 5.74) is 7.99. The zero-order valence-corrected chi connectivity index (χ0v) is 11.5. The van der Waals surface area contributed by atoms with Gasteiger partial charge in [0.15, 0.2) is 0 Å². The summed E-state index contributed by atoms with van der Waals surface area (Å²) in [5.74, 6) is 0.535. The summed E-state index contributed by atoms with van der Waals surface area (Å²) in [6.07, 6.45) is 0.803. The molecule has 2 amide bonds. The maximum absolute atomic E-state index is 12.1. The molecular formula is C13H16F2N4O2. The molecule has 1 aromatic rings. The second kappa shape index (κ2) is 7.93. The van der Waals surface area contributed by atoms with Crippen LogP contribution < -0.4 is 15.1 Å². The molecule has 1 aromatic carbocycles. The van der Waals surface area contributed by atoms with Crippen LogP contribution in [0.3, 0.4) is 0 Å². The maximum Gasteiger partial charge on any atom is 0.348 e. The molecule has 21 heavy (non-hydrogen) atoms. The lowest BCUT2D eigenvalue weighted by atomic mass is 10.2. The number of amides is 2. The summed E-state index contributed by atoms with van der Waals surface area (Å²) < 4.78 is 29.6. The van der Waals surface area contributed by atoms with Crippen LogP contribution in [-0.4, -0.2) is 19.2 Å². The van der Waals surface area contributed by atoms with Crippen molar-refractivity contribution in [1.29, 1.82) is 5.53 Å². The number of carbonyl (C=O) groups is 1. The Morgan fingerprint density at radius 1 is 1.48 bits per heavy atom. The van der Waals surface area contributed by atoms with Gasteiger partial charge in [-0.2, -0.15) is 19.3 Å². The van der Waals surface area contributed by atoms with E-state index in [2.05, 4.69) is 11.8 Å². The largest absolute Gasteiger partial charge is 0.489 e. The lowest BCUT2D eigenvalue weighted by Gasteiger charge is -2.16. The Kier molecular flexibility index (Phi) is 6.25. The molecule has 0 aliphatic rings. The summed E-state index contributed by atoms with van der Waals surface area (Å²) in [5, 5.41) is 4.78. The van der Waals surface area contributed by atoms with Gasteiger partial charge in [0, 0.05) is 0 Å². The summed E-state index contributed by atoms with van der Waals surface area (Å²) in [4.78, 5) is 11.4. The van der Waals surface area contributed by atoms with Gasteiger partial charge in [0.1, 0.15) is 12.4 Å². The van der Waals surface area contributed by atoms with Gasteiger partial charge in [-0.1, -0.05) is 18.7 Å². The Morgan fingerprint density at radius 2 is 2.10 bits per heavy atom. The number of ether oxygens (including phenoxy) is 1. The van der Waals surface area contributed by atoms with Crippen LogP contribution in [0.2, 0.25) is 0 Å². The number of nitrogens with zero attached hydrogens (tertiary/aromatic N) is 2. The fraction of sp³-hybridized carbons (Fsp3) is 0.308. The van der Waals surface area contributed by atoms with Crippen molar-refractivity contribution >= 4 is 11.7 Å². The molecule has 8 heteroatoms. The van der Waals surface area contributed by atoms with E-state index < -0.39 is 12.6 Å². The Morgan fingerprint density at radius 3 is 2.57 bits per heavy atom. The van der Waals surface area contributed by atoms with E-state index in [4.69, 9.17) is 10.3 Å². The number of hydrogen-bond acceptors (Lipinski definition) is 4. The van der Waals surface area contributed by atoms with Crippen molar-refractivity contribution in [2.75, 3.05) is 11.6 Å². The quantitative estimate of drug-likeness (QED) is 0.348. The Balaban J connectivity index is 2.73. The van der Waals surface area contributed by atoms with Gasteiger partial charge in [-0.15, -0.1) is 0 Å². The molecule has 2 N–H and O–H groups in total. The summed E-state index contributed by atoms with van der Waals surface area (Å²) >= 11 is 0. The van der Waals surface area contributed by atoms with Crippen LogP contribution in [0.25, 0.3) is 0 Å². The van der Waals surface area contributed by atoms with E-state index in [1.807, 2.05) is 6.92 Å². The molecule has 0 spiro atoms. The first-order valence-electron chi connectivity index (χ1n) is 6.13. The molecule has 0 heterocycles. The molecule has 0 saturated carbocycles. The van der Waals surface area contributed by atoms with Gasteiger partial charge in [-0.25, -0.2) is 4.79 Å². The number of halogens is 2. The zero-order chi connectivity index (χ0) is 15.8. The van der Waals surface area contributed by atoms with Crippen LogP contribution in [0.15, 0.2) is 41.6 Å². The molecule has 1 rings (SSSR count). The lowest BCUT2D eigenvalue weighted by molar-refractivity contribution is 0.117. The Bertz CT molecular complexity index is 505. The standard InChI is InChI=1S/C13H16F2N4O2/c1-3-9(2)8-21-11-6-4-10(5-7-11)19(18-16)13(20)17-12(14)15/h4-7,12,16H,2-3,8H2,1H3,(H,17,20). The van der Waals surface area contributed by atoms with Crippen molar-refractivity contribution in [3.8, 4) is 5.75 Å². The fourth-order valence-electron chi connectivity index (χ4n) is 1.35. The van der Waals surface area contributed by atoms with Crippen molar-refractivity contribution in [2.45, 2.75) is 19.9 Å². The lowest BCUT2D eigenvalue weighted by Crippen LogP contribution is -2.39. The minimum absolute atomic E-state index is 0.171. The van der Waals surface area contributed by atoms with Crippen molar-refractivity contribution in [3.05, 3.63) is 36.4 Å². The number of hydrogen-bond donors (Lipinski definition) is 2. The van der Waals surface area contributed by atoms with Crippen molar-refractivity contribution < 1.29 is 18.3 Å². The molecule has 0 aromatic heterocycles. The first kappa shape index (κ1) is 16.5. The topological polar surface area (TPSA) is 77.8 Å². The molecule has 0 bridgehead atoms. The van der Waals surface area contributed by atoms with Crippen LogP contribution in [0.4, 0.5) is 19.3 Å². The third kappa shape index (κ3) is 5.17. The third-order valence-electron chi connectivity index (χ3n) is 2.55. The molecule has 0 atom stereocenters. The third-order valence-corrected chi connectivity index (χ3v) is 2.55. The highest BCUT2D eigenvalue weighted by Gasteiger charge is 2.18. The first-order chi connectivity index (χ1) is 9.97. The van der Waals surface area contributed by atoms with Crippen LogP contribution in [-0.2, 0) is 0 Å². The van der Waals surface area contributed by atoms with Crippen molar-refractivity contribution in [3.63, 3.8) is 0 Å². The Hall–Kier alpha value is -2.51. The molecular weight excluding hydrogens is 282 g/mol. The van der Waals surface area contributed by atoms with Crippen molar-refractivity contribution in [2.24, 2.45) is 5.22 Å². The number of nitrogens with one attached hydrogen (secondary N) is 2. The fourth-order valence-corrected chi connectivity index (χ4v) is 1.35. The summed E-state index contributed by atoms with van der Waals surface area (Å²) in [7, 11) is 0. The molecule has 0 aliphatic carbocycles. The average Bonchev–Trinajstić information content (AvgIpc) is 2.46. The Labute approximate surface area is 120 Å². The number of urea groups is 1. The van der Waals surface area contributed by atoms with Crippen LogP contribution >= 0.6 is 0 Å². The molecule has 0 radical (unpaired) electrons. The van der Waals surface area contributed by atoms with Crippen molar-refractivity contribution in [1.82, 2.24) is 5.32 Å². The van der Waals surface area contributed by atoms with Crippen LogP contribution in [0.1, 0.15) is 13.3 Å². The predicted molar refractivity (Wildman–Crippen MR) is 73.5 cm³/mol. The van der Waals surface area contributed by atoms with Gasteiger partial charge in [-0.3, -0.25) is 5.32 Å². The molecule has 0 unspecified atom stereocenters. The van der Waals surface area contributed by atoms with E-state index >= 15 is 0 Å². The molecule has 0 saturated heterocycles. The SMILES string of the molecule is C=C(CC)COc1ccc(N(N=N)C(=O)NC(F)F)cc1. The van der Waals surface area contributed by atoms with Crippen LogP contribution in [0.5, 0.6) is 5.75 Å². The number of alkyl halides is 2. The minimum Gasteiger partial charge on any atom is -0.489 e. The summed E-state index contributed by atoms with van der Waals surface area (Å²) in [6, 6.07) is 4.78. The van der Waals surface area contributed by atoms with E-state index in [9.17, 15) is 13.6 Å². The molecule has 114 valence electrons. The number of benzene rings is 1. The summed E-state index contributed by atoms with van der Waals surface area (Å²) in [6.45, 7) is 3.11. The molecule has 6 nitrogen and oxygen atoms in total. The van der Waals surface area contributed by atoms with Gasteiger partial charge in [0.2, 0.25) is 0 Å². The highest BCUT2D eigenvalue weighted by molar-refractivity contribution is 5.91. The minimum atomic E-state index is -3.02. The van der Waals surface area contributed by atoms with E-state index in [0.717, 1.165) is 12.0 Å². The van der Waals surface area contributed by atoms with Gasteiger partial charge in [0.05, 0.1) is 5.69 Å². The number of anilines is 1. The van der Waals surface area contributed by atoms with E-state index in [-0.39, 0.29) is 5.69 Å². The number of carbonyl (C=O) groups excluding carboxylic acids is 1. The normalized spacial score (nSPS) is 10.1. The van der Waals surface area contributed by atoms with E-state index in [1.165, 1.54) is 17.4 Å². The predicted octanol–water partition coefficient (Wildman–Crippen LogP) is 3.72. The highest BCUT2D eigenvalue weighted by Crippen LogP contribution is 2.20. The smallest absolute Gasteiger partial charge is 0.348 e. The zero-order valence-electron chi connectivity index (χ0n) is 11.5. The monoisotopic (exact) mass is 298 g/mol. The number of rotatable bonds is 7. The first-order valence-corrected chi connectivity index (χ1v) is 6.13. The van der Waals surface area contributed by atoms with E-state index in [1.54, 1.807) is 12.1 Å². The molecule has 0 aliphatic heterocycles. The second-order valence-corrected chi connectivity index (χ2v) is 4.05. The molecule has 0 fully saturated rings. The van der Waals surface area contributed by atoms with Gasteiger partial charge in [0.25, 0.3) is 0 Å². The van der Waals surface area contributed by atoms with Gasteiger partial charge < -0.3 is 4.74 Å². The van der Waals surface area contributed by atoms with Crippen LogP contribution in [0, 0.1) is 5.53 Å². The maximum atomic E-state index is 12.1. The second-order valence-electron chi connectivity index (χ2n) is 4.05. The van der Waals surface area contributed by atoms with Gasteiger partial charge in [-0.05, 0) is 36.3 Å². The van der Waals surface area contributed by atoms with Gasteiger partial charge >= 0.3 is 12.6 Å².